The summed E-state index contributed by atoms with van der Waals surface area (Å²) in [5, 5.41) is 2.92. The van der Waals surface area contributed by atoms with E-state index in [-0.39, 0.29) is 5.91 Å². The van der Waals surface area contributed by atoms with E-state index in [4.69, 9.17) is 0 Å². The second kappa shape index (κ2) is 8.67. The number of anilines is 1. The summed E-state index contributed by atoms with van der Waals surface area (Å²) in [7, 11) is 0. The van der Waals surface area contributed by atoms with Gasteiger partial charge in [-0.15, -0.1) is 0 Å². The lowest BCUT2D eigenvalue weighted by Crippen LogP contribution is -2.13. The first-order valence-corrected chi connectivity index (χ1v) is 11.1. The first kappa shape index (κ1) is 20.1. The molecule has 0 unspecified atom stereocenters. The highest BCUT2D eigenvalue weighted by molar-refractivity contribution is 9.11. The number of amides is 1. The van der Waals surface area contributed by atoms with Crippen LogP contribution in [-0.2, 0) is 19.4 Å². The molecule has 0 aliphatic heterocycles. The molecule has 0 saturated carbocycles. The van der Waals surface area contributed by atoms with Crippen LogP contribution in [0.15, 0.2) is 69.5 Å². The van der Waals surface area contributed by atoms with Gasteiger partial charge in [-0.25, -0.2) is 4.98 Å². The summed E-state index contributed by atoms with van der Waals surface area (Å²) in [5.41, 5.74) is 5.79. The van der Waals surface area contributed by atoms with Crippen molar-refractivity contribution in [2.75, 3.05) is 5.32 Å². The summed E-state index contributed by atoms with van der Waals surface area (Å²) in [6.07, 6.45) is 8.84. The number of aryl methyl sites for hydroxylation is 1. The van der Waals surface area contributed by atoms with E-state index in [2.05, 4.69) is 73.4 Å². The van der Waals surface area contributed by atoms with Crippen molar-refractivity contribution < 1.29 is 4.79 Å². The Labute approximate surface area is 187 Å². The standard InChI is InChI=1S/C23H21Br2N3O/c1-15-2-4-17-6-7-19(10-18(17)5-3-15)23(29)27-22-13-28(14-26-22)12-16-8-20(24)11-21(25)9-16/h2,6-11,13-14H,3-5,12H2,1H3,(H,27,29). The van der Waals surface area contributed by atoms with E-state index >= 15 is 0 Å². The average Bonchev–Trinajstić information content (AvgIpc) is 3.01. The number of allylic oxidation sites excluding steroid dienone is 2. The largest absolute Gasteiger partial charge is 0.331 e. The van der Waals surface area contributed by atoms with E-state index in [9.17, 15) is 4.79 Å². The van der Waals surface area contributed by atoms with Crippen molar-refractivity contribution in [3.8, 4) is 0 Å². The number of hydrogen-bond donors (Lipinski definition) is 1. The van der Waals surface area contributed by atoms with Gasteiger partial charge < -0.3 is 9.88 Å². The minimum absolute atomic E-state index is 0.128. The zero-order valence-electron chi connectivity index (χ0n) is 16.1. The number of benzene rings is 2. The molecule has 0 bridgehead atoms. The molecule has 0 spiro atoms. The van der Waals surface area contributed by atoms with Crippen LogP contribution in [0.4, 0.5) is 5.82 Å². The van der Waals surface area contributed by atoms with Crippen LogP contribution in [0, 0.1) is 0 Å². The number of nitrogens with one attached hydrogen (secondary N) is 1. The van der Waals surface area contributed by atoms with E-state index < -0.39 is 0 Å². The summed E-state index contributed by atoms with van der Waals surface area (Å²) >= 11 is 7.02. The van der Waals surface area contributed by atoms with Crippen LogP contribution in [0.2, 0.25) is 0 Å². The normalized spacial score (nSPS) is 13.4. The zero-order chi connectivity index (χ0) is 20.4. The Morgan fingerprint density at radius 1 is 1.10 bits per heavy atom. The topological polar surface area (TPSA) is 46.9 Å². The zero-order valence-corrected chi connectivity index (χ0v) is 19.3. The molecule has 148 valence electrons. The van der Waals surface area contributed by atoms with Crippen LogP contribution < -0.4 is 5.32 Å². The Morgan fingerprint density at radius 3 is 2.69 bits per heavy atom. The van der Waals surface area contributed by atoms with Crippen LogP contribution in [0.25, 0.3) is 0 Å². The number of carbonyl (C=O) groups is 1. The molecule has 1 aliphatic carbocycles. The molecule has 6 heteroatoms. The summed E-state index contributed by atoms with van der Waals surface area (Å²) in [6, 6.07) is 12.1. The number of aromatic nitrogens is 2. The first-order valence-electron chi connectivity index (χ1n) is 9.52. The smallest absolute Gasteiger partial charge is 0.256 e. The van der Waals surface area contributed by atoms with Crippen LogP contribution in [0.1, 0.15) is 40.4 Å². The van der Waals surface area contributed by atoms with Gasteiger partial charge in [-0.2, -0.15) is 0 Å². The van der Waals surface area contributed by atoms with Crippen molar-refractivity contribution in [2.45, 2.75) is 32.7 Å². The van der Waals surface area contributed by atoms with Gasteiger partial charge in [0.25, 0.3) is 5.91 Å². The van der Waals surface area contributed by atoms with Gasteiger partial charge in [-0.3, -0.25) is 4.79 Å². The molecule has 0 saturated heterocycles. The molecule has 1 amide bonds. The van der Waals surface area contributed by atoms with Crippen molar-refractivity contribution in [3.05, 3.63) is 91.8 Å². The third-order valence-electron chi connectivity index (χ3n) is 5.09. The summed E-state index contributed by atoms with van der Waals surface area (Å²) in [5.74, 6) is 0.425. The van der Waals surface area contributed by atoms with Gasteiger partial charge in [-0.05, 0) is 73.2 Å². The summed E-state index contributed by atoms with van der Waals surface area (Å²) in [4.78, 5) is 17.1. The minimum atomic E-state index is -0.128. The first-order chi connectivity index (χ1) is 14.0. The monoisotopic (exact) mass is 513 g/mol. The molecule has 1 heterocycles. The molecular formula is C23H21Br2N3O. The maximum absolute atomic E-state index is 12.7. The van der Waals surface area contributed by atoms with Gasteiger partial charge in [0.15, 0.2) is 5.82 Å². The number of halogens is 2. The average molecular weight is 515 g/mol. The van der Waals surface area contributed by atoms with Gasteiger partial charge in [0.2, 0.25) is 0 Å². The Balaban J connectivity index is 1.44. The Morgan fingerprint density at radius 2 is 1.90 bits per heavy atom. The van der Waals surface area contributed by atoms with Gasteiger partial charge in [0, 0.05) is 27.3 Å². The quantitative estimate of drug-likeness (QED) is 0.425. The Bertz CT molecular complexity index is 1080. The number of carbonyl (C=O) groups excluding carboxylic acids is 1. The molecule has 4 nitrogen and oxygen atoms in total. The second-order valence-corrected chi connectivity index (χ2v) is 9.23. The van der Waals surface area contributed by atoms with Gasteiger partial charge in [0.1, 0.15) is 0 Å². The predicted molar refractivity (Wildman–Crippen MR) is 123 cm³/mol. The number of fused-ring (bicyclic) bond motifs is 1. The van der Waals surface area contributed by atoms with Gasteiger partial charge >= 0.3 is 0 Å². The fraction of sp³-hybridized carbons (Fsp3) is 0.217. The number of nitrogens with zero attached hydrogens (tertiary/aromatic N) is 2. The SMILES string of the molecule is CC1=CCc2ccc(C(=O)Nc3cn(Cc4cc(Br)cc(Br)c4)cn3)cc2CC1. The fourth-order valence-corrected chi connectivity index (χ4v) is 4.92. The lowest BCUT2D eigenvalue weighted by Gasteiger charge is -2.08. The summed E-state index contributed by atoms with van der Waals surface area (Å²) in [6.45, 7) is 2.84. The highest BCUT2D eigenvalue weighted by atomic mass is 79.9. The van der Waals surface area contributed by atoms with Crippen LogP contribution in [-0.4, -0.2) is 15.5 Å². The third kappa shape index (κ3) is 5.06. The maximum atomic E-state index is 12.7. The van der Waals surface area contributed by atoms with Crippen molar-refractivity contribution in [2.24, 2.45) is 0 Å². The number of hydrogen-bond acceptors (Lipinski definition) is 2. The van der Waals surface area contributed by atoms with Crippen LogP contribution in [0.3, 0.4) is 0 Å². The second-order valence-electron chi connectivity index (χ2n) is 7.40. The van der Waals surface area contributed by atoms with E-state index in [1.165, 1.54) is 16.7 Å². The maximum Gasteiger partial charge on any atom is 0.256 e. The lowest BCUT2D eigenvalue weighted by atomic mass is 9.99. The fourth-order valence-electron chi connectivity index (χ4n) is 3.53. The van der Waals surface area contributed by atoms with E-state index in [1.54, 1.807) is 6.33 Å². The van der Waals surface area contributed by atoms with E-state index in [0.717, 1.165) is 33.8 Å². The van der Waals surface area contributed by atoms with Crippen LogP contribution >= 0.6 is 31.9 Å². The van der Waals surface area contributed by atoms with Gasteiger partial charge in [0.05, 0.1) is 6.33 Å². The highest BCUT2D eigenvalue weighted by Crippen LogP contribution is 2.23. The minimum Gasteiger partial charge on any atom is -0.331 e. The van der Waals surface area contributed by atoms with E-state index in [1.807, 2.05) is 29.0 Å². The van der Waals surface area contributed by atoms with E-state index in [0.29, 0.717) is 17.9 Å². The third-order valence-corrected chi connectivity index (χ3v) is 6.01. The molecule has 4 rings (SSSR count). The van der Waals surface area contributed by atoms with Crippen molar-refractivity contribution in [3.63, 3.8) is 0 Å². The van der Waals surface area contributed by atoms with Crippen molar-refractivity contribution in [1.82, 2.24) is 9.55 Å². The molecule has 29 heavy (non-hydrogen) atoms. The molecule has 0 fully saturated rings. The Hall–Kier alpha value is -2.18. The molecular weight excluding hydrogens is 494 g/mol. The van der Waals surface area contributed by atoms with Crippen molar-refractivity contribution >= 4 is 43.6 Å². The molecule has 3 aromatic rings. The number of imidazole rings is 1. The Kier molecular flexibility index (Phi) is 6.01. The molecule has 1 aromatic heterocycles. The molecule has 1 aliphatic rings. The van der Waals surface area contributed by atoms with Gasteiger partial charge in [-0.1, -0.05) is 49.6 Å². The number of rotatable bonds is 4. The summed E-state index contributed by atoms with van der Waals surface area (Å²) < 4.78 is 3.99. The molecule has 1 N–H and O–H groups in total. The lowest BCUT2D eigenvalue weighted by molar-refractivity contribution is 0.102. The molecule has 2 aromatic carbocycles. The molecule has 0 atom stereocenters. The highest BCUT2D eigenvalue weighted by Gasteiger charge is 2.13. The van der Waals surface area contributed by atoms with Crippen molar-refractivity contribution in [1.29, 1.82) is 0 Å². The predicted octanol–water partition coefficient (Wildman–Crippen LogP) is 6.14. The van der Waals surface area contributed by atoms with Crippen LogP contribution in [0.5, 0.6) is 0 Å². The molecule has 0 radical (unpaired) electrons.